The Morgan fingerprint density at radius 3 is 3.05 bits per heavy atom. The second-order valence-corrected chi connectivity index (χ2v) is 6.74. The van der Waals surface area contributed by atoms with Crippen molar-refractivity contribution in [1.29, 1.82) is 0 Å². The molecule has 1 heterocycles. The van der Waals surface area contributed by atoms with E-state index in [1.165, 1.54) is 62.6 Å². The van der Waals surface area contributed by atoms with E-state index in [9.17, 15) is 5.11 Å². The van der Waals surface area contributed by atoms with E-state index in [1.807, 2.05) is 6.07 Å². The maximum absolute atomic E-state index is 9.97. The number of hydrogen-bond donors (Lipinski definition) is 1. The van der Waals surface area contributed by atoms with Crippen molar-refractivity contribution in [2.45, 2.75) is 63.3 Å². The number of unbranched alkanes of at least 4 members (excludes halogenated alkanes) is 1. The maximum atomic E-state index is 9.97. The molecule has 0 radical (unpaired) electrons. The van der Waals surface area contributed by atoms with Gasteiger partial charge in [-0.15, -0.1) is 0 Å². The summed E-state index contributed by atoms with van der Waals surface area (Å²) < 4.78 is 0. The summed E-state index contributed by atoms with van der Waals surface area (Å²) in [6.07, 6.45) is 8.83. The van der Waals surface area contributed by atoms with Crippen LogP contribution in [0.15, 0.2) is 18.2 Å². The SMILES string of the molecule is CCCC[C@@]12CCCN(C)[C@H]1CCc1ccc(O)cc12. The minimum Gasteiger partial charge on any atom is -0.508 e. The molecule has 1 aliphatic carbocycles. The third kappa shape index (κ3) is 2.14. The molecular formula is C18H27NO. The zero-order valence-electron chi connectivity index (χ0n) is 12.9. The van der Waals surface area contributed by atoms with Crippen molar-refractivity contribution < 1.29 is 5.11 Å². The van der Waals surface area contributed by atoms with Gasteiger partial charge >= 0.3 is 0 Å². The number of phenolic OH excluding ortho intramolecular Hbond substituents is 1. The van der Waals surface area contributed by atoms with E-state index in [4.69, 9.17) is 0 Å². The number of rotatable bonds is 3. The number of likely N-dealkylation sites (N-methyl/N-ethyl adjacent to an activating group) is 1. The van der Waals surface area contributed by atoms with Crippen LogP contribution >= 0.6 is 0 Å². The lowest BCUT2D eigenvalue weighted by atomic mass is 9.60. The van der Waals surface area contributed by atoms with Gasteiger partial charge in [0.2, 0.25) is 0 Å². The summed E-state index contributed by atoms with van der Waals surface area (Å²) in [7, 11) is 2.29. The van der Waals surface area contributed by atoms with Crippen LogP contribution in [0.4, 0.5) is 0 Å². The summed E-state index contributed by atoms with van der Waals surface area (Å²) in [5.74, 6) is 0.438. The third-order valence-electron chi connectivity index (χ3n) is 5.60. The zero-order valence-corrected chi connectivity index (χ0v) is 12.9. The number of phenols is 1. The van der Waals surface area contributed by atoms with E-state index in [1.54, 1.807) is 0 Å². The first kappa shape index (κ1) is 13.9. The lowest BCUT2D eigenvalue weighted by Gasteiger charge is -2.53. The van der Waals surface area contributed by atoms with Crippen LogP contribution in [0.2, 0.25) is 0 Å². The van der Waals surface area contributed by atoms with Crippen LogP contribution in [0.25, 0.3) is 0 Å². The summed E-state index contributed by atoms with van der Waals surface area (Å²) >= 11 is 0. The summed E-state index contributed by atoms with van der Waals surface area (Å²) in [5, 5.41) is 9.97. The van der Waals surface area contributed by atoms with Crippen LogP contribution < -0.4 is 0 Å². The van der Waals surface area contributed by atoms with E-state index in [0.717, 1.165) is 0 Å². The molecule has 0 unspecified atom stereocenters. The van der Waals surface area contributed by atoms with Crippen LogP contribution in [0, 0.1) is 0 Å². The molecule has 0 spiro atoms. The highest BCUT2D eigenvalue weighted by molar-refractivity contribution is 5.44. The Balaban J connectivity index is 2.07. The Kier molecular flexibility index (Phi) is 3.76. The van der Waals surface area contributed by atoms with Gasteiger partial charge in [-0.2, -0.15) is 0 Å². The third-order valence-corrected chi connectivity index (χ3v) is 5.60. The molecule has 2 nitrogen and oxygen atoms in total. The van der Waals surface area contributed by atoms with Crippen molar-refractivity contribution in [3.63, 3.8) is 0 Å². The van der Waals surface area contributed by atoms with Gasteiger partial charge in [0.1, 0.15) is 5.75 Å². The quantitative estimate of drug-likeness (QED) is 0.904. The van der Waals surface area contributed by atoms with Gasteiger partial charge in [-0.1, -0.05) is 25.8 Å². The van der Waals surface area contributed by atoms with Crippen molar-refractivity contribution in [3.8, 4) is 5.75 Å². The molecule has 0 saturated carbocycles. The number of nitrogens with zero attached hydrogens (tertiary/aromatic N) is 1. The second kappa shape index (κ2) is 5.40. The largest absolute Gasteiger partial charge is 0.508 e. The molecule has 0 bridgehead atoms. The predicted octanol–water partition coefficient (Wildman–Crippen LogP) is 3.86. The van der Waals surface area contributed by atoms with Crippen molar-refractivity contribution in [1.82, 2.24) is 4.90 Å². The van der Waals surface area contributed by atoms with Gasteiger partial charge < -0.3 is 10.0 Å². The smallest absolute Gasteiger partial charge is 0.115 e. The number of benzene rings is 1. The molecule has 3 rings (SSSR count). The molecule has 2 aliphatic rings. The first-order valence-corrected chi connectivity index (χ1v) is 8.20. The minimum absolute atomic E-state index is 0.287. The van der Waals surface area contributed by atoms with Gasteiger partial charge in [-0.3, -0.25) is 0 Å². The highest BCUT2D eigenvalue weighted by Gasteiger charge is 2.47. The molecule has 1 saturated heterocycles. The van der Waals surface area contributed by atoms with E-state index in [0.29, 0.717) is 11.8 Å². The molecule has 1 aromatic carbocycles. The summed E-state index contributed by atoms with van der Waals surface area (Å²) in [6, 6.07) is 6.75. The Morgan fingerprint density at radius 1 is 1.40 bits per heavy atom. The normalized spacial score (nSPS) is 29.8. The summed E-state index contributed by atoms with van der Waals surface area (Å²) in [6.45, 7) is 3.51. The fourth-order valence-corrected chi connectivity index (χ4v) is 4.66. The molecule has 0 aromatic heterocycles. The van der Waals surface area contributed by atoms with Gasteiger partial charge in [0, 0.05) is 11.5 Å². The average molecular weight is 273 g/mol. The fourth-order valence-electron chi connectivity index (χ4n) is 4.66. The van der Waals surface area contributed by atoms with E-state index < -0.39 is 0 Å². The standard InChI is InChI=1S/C18H27NO/c1-3-4-10-18-11-5-12-19(2)17(18)9-7-14-6-8-15(20)13-16(14)18/h6,8,13,17,20H,3-5,7,9-12H2,1-2H3/t17-,18-/m0/s1. The molecule has 110 valence electrons. The summed E-state index contributed by atoms with van der Waals surface area (Å²) in [4.78, 5) is 2.58. The maximum Gasteiger partial charge on any atom is 0.115 e. The number of aryl methyl sites for hydroxylation is 1. The topological polar surface area (TPSA) is 23.5 Å². The lowest BCUT2D eigenvalue weighted by Crippen LogP contribution is -2.55. The predicted molar refractivity (Wildman–Crippen MR) is 83.3 cm³/mol. The Morgan fingerprint density at radius 2 is 2.25 bits per heavy atom. The Hall–Kier alpha value is -1.02. The molecule has 1 N–H and O–H groups in total. The van der Waals surface area contributed by atoms with Crippen LogP contribution in [0.5, 0.6) is 5.75 Å². The lowest BCUT2D eigenvalue weighted by molar-refractivity contribution is 0.0658. The molecule has 0 amide bonds. The van der Waals surface area contributed by atoms with Gasteiger partial charge in [-0.05, 0) is 69.0 Å². The van der Waals surface area contributed by atoms with Crippen molar-refractivity contribution >= 4 is 0 Å². The minimum atomic E-state index is 0.287. The average Bonchev–Trinajstić information content (AvgIpc) is 2.45. The van der Waals surface area contributed by atoms with Gasteiger partial charge in [0.05, 0.1) is 0 Å². The molecule has 1 aromatic rings. The highest BCUT2D eigenvalue weighted by atomic mass is 16.3. The Labute approximate surface area is 122 Å². The number of likely N-dealkylation sites (tertiary alicyclic amines) is 1. The molecule has 2 atom stereocenters. The molecule has 1 fully saturated rings. The molecular weight excluding hydrogens is 246 g/mol. The van der Waals surface area contributed by atoms with E-state index >= 15 is 0 Å². The van der Waals surface area contributed by atoms with Gasteiger partial charge in [0.15, 0.2) is 0 Å². The van der Waals surface area contributed by atoms with Gasteiger partial charge in [0.25, 0.3) is 0 Å². The number of piperidine rings is 1. The zero-order chi connectivity index (χ0) is 14.2. The van der Waals surface area contributed by atoms with Crippen LogP contribution in [-0.2, 0) is 11.8 Å². The monoisotopic (exact) mass is 273 g/mol. The molecule has 2 heteroatoms. The van der Waals surface area contributed by atoms with Crippen LogP contribution in [-0.4, -0.2) is 29.6 Å². The van der Waals surface area contributed by atoms with Crippen molar-refractivity contribution in [2.24, 2.45) is 0 Å². The molecule has 20 heavy (non-hydrogen) atoms. The van der Waals surface area contributed by atoms with E-state index in [-0.39, 0.29) is 5.41 Å². The molecule has 1 aliphatic heterocycles. The number of fused-ring (bicyclic) bond motifs is 3. The van der Waals surface area contributed by atoms with Crippen LogP contribution in [0.3, 0.4) is 0 Å². The van der Waals surface area contributed by atoms with Crippen LogP contribution in [0.1, 0.15) is 56.6 Å². The van der Waals surface area contributed by atoms with E-state index in [2.05, 4.69) is 31.0 Å². The first-order chi connectivity index (χ1) is 9.67. The highest BCUT2D eigenvalue weighted by Crippen LogP contribution is 2.49. The van der Waals surface area contributed by atoms with Crippen molar-refractivity contribution in [3.05, 3.63) is 29.3 Å². The Bertz CT molecular complexity index is 484. The van der Waals surface area contributed by atoms with Crippen molar-refractivity contribution in [2.75, 3.05) is 13.6 Å². The number of aromatic hydroxyl groups is 1. The first-order valence-electron chi connectivity index (χ1n) is 8.20. The summed E-state index contributed by atoms with van der Waals surface area (Å²) in [5.41, 5.74) is 3.22. The second-order valence-electron chi connectivity index (χ2n) is 6.74. The van der Waals surface area contributed by atoms with Gasteiger partial charge in [-0.25, -0.2) is 0 Å². The fraction of sp³-hybridized carbons (Fsp3) is 0.667. The number of hydrogen-bond acceptors (Lipinski definition) is 2.